The molecule has 108 valence electrons. The highest BCUT2D eigenvalue weighted by Crippen LogP contribution is 2.44. The Bertz CT molecular complexity index is 406. The molecule has 1 saturated carbocycles. The summed E-state index contributed by atoms with van der Waals surface area (Å²) in [4.78, 5) is 0. The van der Waals surface area contributed by atoms with Gasteiger partial charge in [0.05, 0.1) is 11.8 Å². The molecule has 1 aromatic rings. The maximum atomic E-state index is 10.9. The molecule has 0 spiro atoms. The van der Waals surface area contributed by atoms with Crippen molar-refractivity contribution in [2.24, 2.45) is 18.2 Å². The third-order valence-corrected chi connectivity index (χ3v) is 4.68. The predicted molar refractivity (Wildman–Crippen MR) is 76.7 cm³/mol. The molecule has 1 aromatic heterocycles. The molecular weight excluding hydrogens is 238 g/mol. The van der Waals surface area contributed by atoms with Gasteiger partial charge in [-0.2, -0.15) is 5.10 Å². The van der Waals surface area contributed by atoms with Gasteiger partial charge in [-0.25, -0.2) is 0 Å². The molecule has 0 amide bonds. The van der Waals surface area contributed by atoms with Gasteiger partial charge in [0.2, 0.25) is 0 Å². The van der Waals surface area contributed by atoms with E-state index in [-0.39, 0.29) is 5.41 Å². The summed E-state index contributed by atoms with van der Waals surface area (Å²) in [7, 11) is 1.90. The smallest absolute Gasteiger partial charge is 0.0891 e. The third kappa shape index (κ3) is 3.00. The molecule has 4 heteroatoms. The summed E-state index contributed by atoms with van der Waals surface area (Å²) >= 11 is 0. The summed E-state index contributed by atoms with van der Waals surface area (Å²) in [6.45, 7) is 2.52. The minimum Gasteiger partial charge on any atom is -0.388 e. The Labute approximate surface area is 116 Å². The first-order valence-electron chi connectivity index (χ1n) is 7.47. The lowest BCUT2D eigenvalue weighted by molar-refractivity contribution is 0.00803. The van der Waals surface area contributed by atoms with Gasteiger partial charge in [-0.05, 0) is 19.8 Å². The van der Waals surface area contributed by atoms with Crippen molar-refractivity contribution < 1.29 is 5.11 Å². The van der Waals surface area contributed by atoms with Crippen LogP contribution in [0.4, 0.5) is 0 Å². The molecule has 19 heavy (non-hydrogen) atoms. The van der Waals surface area contributed by atoms with Crippen LogP contribution in [0, 0.1) is 12.3 Å². The lowest BCUT2D eigenvalue weighted by Crippen LogP contribution is -2.37. The first-order valence-corrected chi connectivity index (χ1v) is 7.47. The second-order valence-corrected chi connectivity index (χ2v) is 6.08. The van der Waals surface area contributed by atoms with Gasteiger partial charge in [0.1, 0.15) is 0 Å². The molecule has 0 aliphatic heterocycles. The standard InChI is InChI=1S/C15H27N3O/c1-12-13(10-18(2)17-12)14(19)15(11-16)8-6-4-3-5-7-9-15/h10,14,19H,3-9,11,16H2,1-2H3. The molecule has 3 N–H and O–H groups in total. The molecular formula is C15H27N3O. The quantitative estimate of drug-likeness (QED) is 0.882. The summed E-state index contributed by atoms with van der Waals surface area (Å²) in [5.74, 6) is 0. The Morgan fingerprint density at radius 1 is 1.32 bits per heavy atom. The predicted octanol–water partition coefficient (Wildman–Crippen LogP) is 2.45. The molecule has 0 aromatic carbocycles. The fourth-order valence-corrected chi connectivity index (χ4v) is 3.41. The van der Waals surface area contributed by atoms with Crippen molar-refractivity contribution in [3.05, 3.63) is 17.5 Å². The average molecular weight is 265 g/mol. The van der Waals surface area contributed by atoms with Crippen molar-refractivity contribution in [1.29, 1.82) is 0 Å². The van der Waals surface area contributed by atoms with E-state index in [0.29, 0.717) is 6.54 Å². The summed E-state index contributed by atoms with van der Waals surface area (Å²) in [6, 6.07) is 0. The van der Waals surface area contributed by atoms with E-state index >= 15 is 0 Å². The number of aliphatic hydroxyl groups excluding tert-OH is 1. The second kappa shape index (κ2) is 6.06. The van der Waals surface area contributed by atoms with Crippen LogP contribution in [0.5, 0.6) is 0 Å². The van der Waals surface area contributed by atoms with Crippen LogP contribution < -0.4 is 5.73 Å². The topological polar surface area (TPSA) is 64.1 Å². The summed E-state index contributed by atoms with van der Waals surface area (Å²) in [6.07, 6.45) is 9.71. The SMILES string of the molecule is Cc1nn(C)cc1C(O)C1(CN)CCCCCCC1. The Morgan fingerprint density at radius 2 is 1.89 bits per heavy atom. The summed E-state index contributed by atoms with van der Waals surface area (Å²) in [5, 5.41) is 15.2. The lowest BCUT2D eigenvalue weighted by atomic mass is 9.70. The minimum absolute atomic E-state index is 0.159. The van der Waals surface area contributed by atoms with E-state index in [1.807, 2.05) is 20.2 Å². The Balaban J connectivity index is 2.25. The number of aryl methyl sites for hydroxylation is 2. The zero-order chi connectivity index (χ0) is 13.9. The maximum Gasteiger partial charge on any atom is 0.0891 e. The number of hydrogen-bond donors (Lipinski definition) is 2. The molecule has 1 unspecified atom stereocenters. The zero-order valence-electron chi connectivity index (χ0n) is 12.2. The van der Waals surface area contributed by atoms with E-state index in [2.05, 4.69) is 5.10 Å². The molecule has 4 nitrogen and oxygen atoms in total. The van der Waals surface area contributed by atoms with Crippen LogP contribution in [0.25, 0.3) is 0 Å². The van der Waals surface area contributed by atoms with Gasteiger partial charge in [0.15, 0.2) is 0 Å². The zero-order valence-corrected chi connectivity index (χ0v) is 12.2. The second-order valence-electron chi connectivity index (χ2n) is 6.08. The van der Waals surface area contributed by atoms with Gasteiger partial charge >= 0.3 is 0 Å². The molecule has 0 bridgehead atoms. The molecule has 2 rings (SSSR count). The van der Waals surface area contributed by atoms with Crippen LogP contribution >= 0.6 is 0 Å². The van der Waals surface area contributed by atoms with Gasteiger partial charge in [-0.15, -0.1) is 0 Å². The van der Waals surface area contributed by atoms with Gasteiger partial charge in [0.25, 0.3) is 0 Å². The maximum absolute atomic E-state index is 10.9. The van der Waals surface area contributed by atoms with Crippen molar-refractivity contribution in [2.45, 2.75) is 58.0 Å². The summed E-state index contributed by atoms with van der Waals surface area (Å²) < 4.78 is 1.78. The van der Waals surface area contributed by atoms with Crippen LogP contribution in [-0.2, 0) is 7.05 Å². The van der Waals surface area contributed by atoms with E-state index in [4.69, 9.17) is 5.73 Å². The monoisotopic (exact) mass is 265 g/mol. The number of nitrogens with zero attached hydrogens (tertiary/aromatic N) is 2. The number of aromatic nitrogens is 2. The van der Waals surface area contributed by atoms with E-state index in [1.54, 1.807) is 4.68 Å². The molecule has 1 fully saturated rings. The van der Waals surface area contributed by atoms with Crippen molar-refractivity contribution >= 4 is 0 Å². The lowest BCUT2D eigenvalue weighted by Gasteiger charge is -2.38. The van der Waals surface area contributed by atoms with Gasteiger partial charge in [-0.1, -0.05) is 32.1 Å². The molecule has 1 heterocycles. The Kier molecular flexibility index (Phi) is 4.63. The number of aliphatic hydroxyl groups is 1. The Morgan fingerprint density at radius 3 is 2.37 bits per heavy atom. The van der Waals surface area contributed by atoms with Crippen LogP contribution in [0.1, 0.15) is 62.3 Å². The minimum atomic E-state index is -0.482. The van der Waals surface area contributed by atoms with Crippen LogP contribution in [0.15, 0.2) is 6.20 Å². The van der Waals surface area contributed by atoms with E-state index < -0.39 is 6.10 Å². The summed E-state index contributed by atoms with van der Waals surface area (Å²) in [5.41, 5.74) is 7.78. The molecule has 1 aliphatic rings. The first-order chi connectivity index (χ1) is 9.09. The van der Waals surface area contributed by atoms with Crippen molar-refractivity contribution in [3.8, 4) is 0 Å². The van der Waals surface area contributed by atoms with Gasteiger partial charge in [-0.3, -0.25) is 4.68 Å². The van der Waals surface area contributed by atoms with E-state index in [1.165, 1.54) is 32.1 Å². The van der Waals surface area contributed by atoms with Gasteiger partial charge in [0, 0.05) is 30.8 Å². The number of hydrogen-bond acceptors (Lipinski definition) is 3. The van der Waals surface area contributed by atoms with Crippen LogP contribution in [-0.4, -0.2) is 21.4 Å². The first kappa shape index (κ1) is 14.5. The normalized spacial score (nSPS) is 21.7. The number of nitrogens with two attached hydrogens (primary N) is 1. The highest BCUT2D eigenvalue weighted by atomic mass is 16.3. The Hall–Kier alpha value is -0.870. The average Bonchev–Trinajstić information content (AvgIpc) is 2.68. The largest absolute Gasteiger partial charge is 0.388 e. The van der Waals surface area contributed by atoms with Crippen molar-refractivity contribution in [3.63, 3.8) is 0 Å². The third-order valence-electron chi connectivity index (χ3n) is 4.68. The highest BCUT2D eigenvalue weighted by Gasteiger charge is 2.38. The van der Waals surface area contributed by atoms with Gasteiger partial charge < -0.3 is 10.8 Å². The van der Waals surface area contributed by atoms with Crippen molar-refractivity contribution in [2.75, 3.05) is 6.54 Å². The molecule has 1 aliphatic carbocycles. The fraction of sp³-hybridized carbons (Fsp3) is 0.800. The fourth-order valence-electron chi connectivity index (χ4n) is 3.41. The van der Waals surface area contributed by atoms with Crippen LogP contribution in [0.2, 0.25) is 0 Å². The van der Waals surface area contributed by atoms with E-state index in [0.717, 1.165) is 24.1 Å². The molecule has 0 radical (unpaired) electrons. The van der Waals surface area contributed by atoms with Crippen LogP contribution in [0.3, 0.4) is 0 Å². The number of rotatable bonds is 3. The van der Waals surface area contributed by atoms with E-state index in [9.17, 15) is 5.11 Å². The van der Waals surface area contributed by atoms with Crippen molar-refractivity contribution in [1.82, 2.24) is 9.78 Å². The molecule has 0 saturated heterocycles. The highest BCUT2D eigenvalue weighted by molar-refractivity contribution is 5.21. The molecule has 1 atom stereocenters.